The van der Waals surface area contributed by atoms with E-state index in [4.69, 9.17) is 4.74 Å². The van der Waals surface area contributed by atoms with Crippen molar-refractivity contribution in [3.8, 4) is 0 Å². The lowest BCUT2D eigenvalue weighted by Gasteiger charge is -2.18. The Morgan fingerprint density at radius 3 is 2.67 bits per heavy atom. The van der Waals surface area contributed by atoms with Gasteiger partial charge in [0, 0.05) is 30.9 Å². The smallest absolute Gasteiger partial charge is 0.339 e. The SMILES string of the molecule is Cc1csc(SCc2ccccc2C(=O)O[C@H](C)C(=O)N(C)C)n1. The Labute approximate surface area is 150 Å². The van der Waals surface area contributed by atoms with E-state index in [1.54, 1.807) is 56.3 Å². The lowest BCUT2D eigenvalue weighted by Crippen LogP contribution is -2.35. The molecule has 0 saturated heterocycles. The highest BCUT2D eigenvalue weighted by Crippen LogP contribution is 2.27. The summed E-state index contributed by atoms with van der Waals surface area (Å²) in [6, 6.07) is 7.28. The maximum atomic E-state index is 12.4. The zero-order valence-electron chi connectivity index (χ0n) is 14.1. The first-order valence-corrected chi connectivity index (χ1v) is 9.30. The molecule has 0 radical (unpaired) electrons. The Hall–Kier alpha value is -1.86. The summed E-state index contributed by atoms with van der Waals surface area (Å²) < 4.78 is 6.27. The number of likely N-dealkylation sites (N-methyl/N-ethyl adjacent to an activating group) is 1. The molecule has 0 aliphatic rings. The minimum atomic E-state index is -0.810. The van der Waals surface area contributed by atoms with E-state index in [1.165, 1.54) is 4.90 Å². The Morgan fingerprint density at radius 2 is 2.04 bits per heavy atom. The van der Waals surface area contributed by atoms with Crippen LogP contribution in [0.5, 0.6) is 0 Å². The normalized spacial score (nSPS) is 11.8. The monoisotopic (exact) mass is 364 g/mol. The van der Waals surface area contributed by atoms with Gasteiger partial charge >= 0.3 is 5.97 Å². The highest BCUT2D eigenvalue weighted by atomic mass is 32.2. The molecule has 1 aromatic heterocycles. The van der Waals surface area contributed by atoms with Gasteiger partial charge in [0.2, 0.25) is 0 Å². The van der Waals surface area contributed by atoms with Crippen molar-refractivity contribution in [3.05, 3.63) is 46.5 Å². The fourth-order valence-corrected chi connectivity index (χ4v) is 3.87. The van der Waals surface area contributed by atoms with Gasteiger partial charge in [0.25, 0.3) is 5.91 Å². The number of benzene rings is 1. The Kier molecular flexibility index (Phi) is 6.39. The molecule has 0 saturated carbocycles. The second kappa shape index (κ2) is 8.30. The Balaban J connectivity index is 2.07. The van der Waals surface area contributed by atoms with Crippen molar-refractivity contribution in [1.29, 1.82) is 0 Å². The summed E-state index contributed by atoms with van der Waals surface area (Å²) in [6.07, 6.45) is -0.810. The number of aryl methyl sites for hydroxylation is 1. The molecule has 0 N–H and O–H groups in total. The Bertz CT molecular complexity index is 728. The van der Waals surface area contributed by atoms with Crippen LogP contribution in [0.15, 0.2) is 34.0 Å². The zero-order chi connectivity index (χ0) is 17.7. The number of thiazole rings is 1. The Morgan fingerprint density at radius 1 is 1.33 bits per heavy atom. The maximum Gasteiger partial charge on any atom is 0.339 e. The molecule has 24 heavy (non-hydrogen) atoms. The fourth-order valence-electron chi connectivity index (χ4n) is 2.02. The standard InChI is InChI=1S/C17H20N2O3S2/c1-11-9-23-17(18-11)24-10-13-7-5-6-8-14(13)16(21)22-12(2)15(20)19(3)4/h5-9,12H,10H2,1-4H3/t12-/m1/s1. The second-order valence-electron chi connectivity index (χ2n) is 5.48. The number of amides is 1. The van der Waals surface area contributed by atoms with Gasteiger partial charge in [-0.05, 0) is 25.5 Å². The number of rotatable bonds is 6. The molecule has 0 spiro atoms. The molecule has 0 unspecified atom stereocenters. The van der Waals surface area contributed by atoms with Gasteiger partial charge in [-0.15, -0.1) is 11.3 Å². The molecule has 2 rings (SSSR count). The van der Waals surface area contributed by atoms with Crippen LogP contribution < -0.4 is 0 Å². The lowest BCUT2D eigenvalue weighted by molar-refractivity contribution is -0.137. The average Bonchev–Trinajstić information content (AvgIpc) is 2.97. The number of thioether (sulfide) groups is 1. The summed E-state index contributed by atoms with van der Waals surface area (Å²) in [5.41, 5.74) is 2.34. The van der Waals surface area contributed by atoms with Crippen LogP contribution in [0, 0.1) is 6.92 Å². The van der Waals surface area contributed by atoms with Crippen LogP contribution in [0.3, 0.4) is 0 Å². The number of carbonyl (C=O) groups excluding carboxylic acids is 2. The molecule has 1 atom stereocenters. The second-order valence-corrected chi connectivity index (χ2v) is 7.56. The summed E-state index contributed by atoms with van der Waals surface area (Å²) >= 11 is 3.17. The molecule has 0 fully saturated rings. The van der Waals surface area contributed by atoms with Crippen molar-refractivity contribution in [3.63, 3.8) is 0 Å². The molecule has 0 aliphatic carbocycles. The molecule has 7 heteroatoms. The third-order valence-electron chi connectivity index (χ3n) is 3.26. The van der Waals surface area contributed by atoms with E-state index in [1.807, 2.05) is 24.4 Å². The minimum absolute atomic E-state index is 0.242. The van der Waals surface area contributed by atoms with Crippen LogP contribution in [-0.2, 0) is 15.3 Å². The summed E-state index contributed by atoms with van der Waals surface area (Å²) in [7, 11) is 3.26. The molecule has 128 valence electrons. The first-order chi connectivity index (χ1) is 11.4. The number of ether oxygens (including phenoxy) is 1. The first-order valence-electron chi connectivity index (χ1n) is 7.43. The molecule has 1 aromatic carbocycles. The molecular formula is C17H20N2O3S2. The third kappa shape index (κ3) is 4.82. The van der Waals surface area contributed by atoms with Gasteiger partial charge in [0.15, 0.2) is 6.10 Å². The van der Waals surface area contributed by atoms with Crippen LogP contribution in [0.25, 0.3) is 0 Å². The van der Waals surface area contributed by atoms with Crippen LogP contribution in [0.2, 0.25) is 0 Å². The van der Waals surface area contributed by atoms with E-state index in [2.05, 4.69) is 4.98 Å². The predicted octanol–water partition coefficient (Wildman–Crippen LogP) is 3.38. The number of nitrogens with zero attached hydrogens (tertiary/aromatic N) is 2. The van der Waals surface area contributed by atoms with E-state index in [-0.39, 0.29) is 5.91 Å². The first kappa shape index (κ1) is 18.5. The lowest BCUT2D eigenvalue weighted by atomic mass is 10.1. The van der Waals surface area contributed by atoms with Gasteiger partial charge in [-0.25, -0.2) is 9.78 Å². The molecular weight excluding hydrogens is 344 g/mol. The van der Waals surface area contributed by atoms with Crippen LogP contribution in [0.4, 0.5) is 0 Å². The zero-order valence-corrected chi connectivity index (χ0v) is 15.7. The summed E-state index contributed by atoms with van der Waals surface area (Å²) in [5, 5.41) is 2.00. The van der Waals surface area contributed by atoms with Crippen LogP contribution in [0.1, 0.15) is 28.5 Å². The van der Waals surface area contributed by atoms with Gasteiger partial charge < -0.3 is 9.64 Å². The average molecular weight is 364 g/mol. The predicted molar refractivity (Wildman–Crippen MR) is 96.4 cm³/mol. The number of carbonyl (C=O) groups is 2. The third-order valence-corrected chi connectivity index (χ3v) is 5.45. The maximum absolute atomic E-state index is 12.4. The van der Waals surface area contributed by atoms with E-state index in [0.29, 0.717) is 11.3 Å². The van der Waals surface area contributed by atoms with E-state index in [0.717, 1.165) is 15.6 Å². The summed E-state index contributed by atoms with van der Waals surface area (Å²) in [5.74, 6) is -0.105. The minimum Gasteiger partial charge on any atom is -0.449 e. The highest BCUT2D eigenvalue weighted by Gasteiger charge is 2.21. The van der Waals surface area contributed by atoms with E-state index in [9.17, 15) is 9.59 Å². The van der Waals surface area contributed by atoms with Gasteiger partial charge in [-0.1, -0.05) is 30.0 Å². The quantitative estimate of drug-likeness (QED) is 0.581. The van der Waals surface area contributed by atoms with Crippen molar-refractivity contribution in [1.82, 2.24) is 9.88 Å². The van der Waals surface area contributed by atoms with Crippen molar-refractivity contribution < 1.29 is 14.3 Å². The van der Waals surface area contributed by atoms with Crippen molar-refractivity contribution in [2.24, 2.45) is 0 Å². The summed E-state index contributed by atoms with van der Waals surface area (Å²) in [6.45, 7) is 3.53. The van der Waals surface area contributed by atoms with Gasteiger partial charge in [-0.3, -0.25) is 4.79 Å². The van der Waals surface area contributed by atoms with Gasteiger partial charge in [0.05, 0.1) is 5.56 Å². The van der Waals surface area contributed by atoms with E-state index < -0.39 is 12.1 Å². The highest BCUT2D eigenvalue weighted by molar-refractivity contribution is 8.00. The number of aromatic nitrogens is 1. The van der Waals surface area contributed by atoms with Crippen molar-refractivity contribution in [2.75, 3.05) is 14.1 Å². The molecule has 5 nitrogen and oxygen atoms in total. The molecule has 2 aromatic rings. The topological polar surface area (TPSA) is 59.5 Å². The van der Waals surface area contributed by atoms with Crippen LogP contribution >= 0.6 is 23.1 Å². The largest absolute Gasteiger partial charge is 0.449 e. The number of hydrogen-bond acceptors (Lipinski definition) is 6. The molecule has 0 bridgehead atoms. The van der Waals surface area contributed by atoms with Crippen molar-refractivity contribution >= 4 is 35.0 Å². The van der Waals surface area contributed by atoms with Gasteiger partial charge in [0.1, 0.15) is 4.34 Å². The number of esters is 1. The molecule has 0 aliphatic heterocycles. The van der Waals surface area contributed by atoms with Gasteiger partial charge in [-0.2, -0.15) is 0 Å². The molecule has 1 heterocycles. The van der Waals surface area contributed by atoms with Crippen molar-refractivity contribution in [2.45, 2.75) is 30.0 Å². The van der Waals surface area contributed by atoms with Crippen LogP contribution in [-0.4, -0.2) is 42.0 Å². The van der Waals surface area contributed by atoms with E-state index >= 15 is 0 Å². The number of hydrogen-bond donors (Lipinski definition) is 0. The fraction of sp³-hybridized carbons (Fsp3) is 0.353. The summed E-state index contributed by atoms with van der Waals surface area (Å²) in [4.78, 5) is 30.1. The molecule has 1 amide bonds.